The third-order valence-electron chi connectivity index (χ3n) is 3.35. The molecule has 136 valence electrons. The zero-order chi connectivity index (χ0) is 18.7. The second-order valence-electron chi connectivity index (χ2n) is 6.74. The molecule has 3 aromatic rings. The number of rotatable bonds is 4. The highest BCUT2D eigenvalue weighted by Gasteiger charge is 2.17. The van der Waals surface area contributed by atoms with Crippen molar-refractivity contribution in [2.24, 2.45) is 0 Å². The maximum absolute atomic E-state index is 11.9. The lowest BCUT2D eigenvalue weighted by Gasteiger charge is -2.18. The molecular formula is C18H19ClN4O2S. The summed E-state index contributed by atoms with van der Waals surface area (Å²) in [5, 5.41) is 3.75. The zero-order valence-corrected chi connectivity index (χ0v) is 16.3. The standard InChI is InChI=1S/C18H19ClN4O2S/c1-18(2,3)25-17(24)23-16-22-14-9-8-13(21-15(14)26-16)7-6-12-5-4-11(19)10-20-12/h4-5,8-10H,6-7H2,1-3H3,(H,22,23,24). The van der Waals surface area contributed by atoms with Crippen molar-refractivity contribution in [3.05, 3.63) is 46.9 Å². The van der Waals surface area contributed by atoms with E-state index in [1.165, 1.54) is 11.3 Å². The summed E-state index contributed by atoms with van der Waals surface area (Å²) in [6, 6.07) is 7.59. The van der Waals surface area contributed by atoms with Gasteiger partial charge in [0.05, 0.1) is 5.02 Å². The average Bonchev–Trinajstić information content (AvgIpc) is 2.93. The predicted octanol–water partition coefficient (Wildman–Crippen LogP) is 4.87. The fourth-order valence-electron chi connectivity index (χ4n) is 2.25. The molecule has 3 aromatic heterocycles. The molecule has 0 aliphatic carbocycles. The van der Waals surface area contributed by atoms with Crippen molar-refractivity contribution >= 4 is 44.5 Å². The van der Waals surface area contributed by atoms with Crippen LogP contribution in [-0.4, -0.2) is 26.6 Å². The molecule has 1 N–H and O–H groups in total. The Kier molecular flexibility index (Phi) is 5.38. The molecule has 3 rings (SSSR count). The van der Waals surface area contributed by atoms with Crippen molar-refractivity contribution in [1.29, 1.82) is 0 Å². The van der Waals surface area contributed by atoms with E-state index in [-0.39, 0.29) is 0 Å². The number of anilines is 1. The summed E-state index contributed by atoms with van der Waals surface area (Å²) >= 11 is 7.17. The number of nitrogens with zero attached hydrogens (tertiary/aromatic N) is 3. The van der Waals surface area contributed by atoms with Crippen LogP contribution in [0.25, 0.3) is 10.3 Å². The van der Waals surface area contributed by atoms with E-state index < -0.39 is 11.7 Å². The van der Waals surface area contributed by atoms with Gasteiger partial charge in [0, 0.05) is 17.6 Å². The van der Waals surface area contributed by atoms with Crippen LogP contribution in [0, 0.1) is 0 Å². The third kappa shape index (κ3) is 5.12. The van der Waals surface area contributed by atoms with Crippen molar-refractivity contribution in [2.75, 3.05) is 5.32 Å². The van der Waals surface area contributed by atoms with Crippen LogP contribution in [0.2, 0.25) is 5.02 Å². The molecule has 0 spiro atoms. The minimum Gasteiger partial charge on any atom is -0.444 e. The van der Waals surface area contributed by atoms with Crippen molar-refractivity contribution in [3.8, 4) is 0 Å². The van der Waals surface area contributed by atoms with Crippen molar-refractivity contribution in [2.45, 2.75) is 39.2 Å². The minimum atomic E-state index is -0.554. The summed E-state index contributed by atoms with van der Waals surface area (Å²) in [4.78, 5) is 25.9. The third-order valence-corrected chi connectivity index (χ3v) is 4.45. The number of nitrogens with one attached hydrogen (secondary N) is 1. The van der Waals surface area contributed by atoms with Gasteiger partial charge in [-0.1, -0.05) is 22.9 Å². The first kappa shape index (κ1) is 18.5. The van der Waals surface area contributed by atoms with Gasteiger partial charge in [-0.2, -0.15) is 0 Å². The number of hydrogen-bond acceptors (Lipinski definition) is 6. The lowest BCUT2D eigenvalue weighted by Crippen LogP contribution is -2.27. The number of hydrogen-bond donors (Lipinski definition) is 1. The summed E-state index contributed by atoms with van der Waals surface area (Å²) in [5.74, 6) is 0. The van der Waals surface area contributed by atoms with E-state index in [0.29, 0.717) is 10.2 Å². The van der Waals surface area contributed by atoms with Crippen LogP contribution in [0.5, 0.6) is 0 Å². The quantitative estimate of drug-likeness (QED) is 0.687. The molecule has 0 radical (unpaired) electrons. The topological polar surface area (TPSA) is 77.0 Å². The fourth-order valence-corrected chi connectivity index (χ4v) is 3.20. The number of ether oxygens (including phenoxy) is 1. The fraction of sp³-hybridized carbons (Fsp3) is 0.333. The predicted molar refractivity (Wildman–Crippen MR) is 104 cm³/mol. The van der Waals surface area contributed by atoms with E-state index in [9.17, 15) is 4.79 Å². The number of thiazole rings is 1. The van der Waals surface area contributed by atoms with Crippen LogP contribution in [0.3, 0.4) is 0 Å². The second-order valence-corrected chi connectivity index (χ2v) is 8.15. The molecule has 3 heterocycles. The molecule has 1 amide bonds. The molecule has 0 aliphatic rings. The lowest BCUT2D eigenvalue weighted by molar-refractivity contribution is 0.0636. The van der Waals surface area contributed by atoms with E-state index in [4.69, 9.17) is 16.3 Å². The van der Waals surface area contributed by atoms with Crippen molar-refractivity contribution in [3.63, 3.8) is 0 Å². The summed E-state index contributed by atoms with van der Waals surface area (Å²) in [6.07, 6.45) is 2.66. The number of aromatic nitrogens is 3. The molecule has 0 aliphatic heterocycles. The molecule has 0 aromatic carbocycles. The molecule has 0 unspecified atom stereocenters. The van der Waals surface area contributed by atoms with Crippen molar-refractivity contribution in [1.82, 2.24) is 15.0 Å². The Hall–Kier alpha value is -2.25. The van der Waals surface area contributed by atoms with E-state index in [1.807, 2.05) is 45.0 Å². The van der Waals surface area contributed by atoms with Gasteiger partial charge in [0.2, 0.25) is 0 Å². The van der Waals surface area contributed by atoms with E-state index in [0.717, 1.165) is 34.6 Å². The molecule has 0 saturated heterocycles. The number of carbonyl (C=O) groups excluding carboxylic acids is 1. The molecule has 0 atom stereocenters. The van der Waals surface area contributed by atoms with Gasteiger partial charge in [-0.3, -0.25) is 10.3 Å². The second kappa shape index (κ2) is 7.55. The van der Waals surface area contributed by atoms with Gasteiger partial charge in [0.25, 0.3) is 0 Å². The zero-order valence-electron chi connectivity index (χ0n) is 14.7. The maximum Gasteiger partial charge on any atom is 0.413 e. The molecule has 8 heteroatoms. The Morgan fingerprint density at radius 2 is 1.88 bits per heavy atom. The number of halogens is 1. The van der Waals surface area contributed by atoms with Crippen LogP contribution in [0.4, 0.5) is 9.93 Å². The average molecular weight is 391 g/mol. The Labute approximate surface area is 160 Å². The molecule has 26 heavy (non-hydrogen) atoms. The number of carbonyl (C=O) groups is 1. The van der Waals surface area contributed by atoms with Crippen LogP contribution >= 0.6 is 22.9 Å². The van der Waals surface area contributed by atoms with Crippen LogP contribution < -0.4 is 5.32 Å². The van der Waals surface area contributed by atoms with E-state index >= 15 is 0 Å². The number of aryl methyl sites for hydroxylation is 2. The molecule has 0 bridgehead atoms. The first-order chi connectivity index (χ1) is 12.3. The van der Waals surface area contributed by atoms with Gasteiger partial charge >= 0.3 is 6.09 Å². The largest absolute Gasteiger partial charge is 0.444 e. The van der Waals surface area contributed by atoms with Crippen molar-refractivity contribution < 1.29 is 9.53 Å². The van der Waals surface area contributed by atoms with Gasteiger partial charge in [-0.25, -0.2) is 14.8 Å². The highest BCUT2D eigenvalue weighted by Crippen LogP contribution is 2.25. The molecule has 0 fully saturated rings. The van der Waals surface area contributed by atoms with Crippen LogP contribution in [0.1, 0.15) is 32.2 Å². The number of fused-ring (bicyclic) bond motifs is 1. The molecular weight excluding hydrogens is 372 g/mol. The van der Waals surface area contributed by atoms with Gasteiger partial charge in [-0.05, 0) is 57.9 Å². The maximum atomic E-state index is 11.9. The number of amides is 1. The minimum absolute atomic E-state index is 0.471. The first-order valence-corrected chi connectivity index (χ1v) is 9.35. The summed E-state index contributed by atoms with van der Waals surface area (Å²) in [7, 11) is 0. The number of pyridine rings is 2. The van der Waals surface area contributed by atoms with E-state index in [2.05, 4.69) is 20.3 Å². The Balaban J connectivity index is 1.67. The van der Waals surface area contributed by atoms with Gasteiger partial charge in [-0.15, -0.1) is 0 Å². The Bertz CT molecular complexity index is 919. The Morgan fingerprint density at radius 1 is 1.15 bits per heavy atom. The highest BCUT2D eigenvalue weighted by molar-refractivity contribution is 7.21. The molecule has 0 saturated carbocycles. The first-order valence-electron chi connectivity index (χ1n) is 8.15. The lowest BCUT2D eigenvalue weighted by atomic mass is 10.1. The smallest absolute Gasteiger partial charge is 0.413 e. The highest BCUT2D eigenvalue weighted by atomic mass is 35.5. The van der Waals surface area contributed by atoms with Crippen LogP contribution in [0.15, 0.2) is 30.5 Å². The normalized spacial score (nSPS) is 11.5. The monoisotopic (exact) mass is 390 g/mol. The van der Waals surface area contributed by atoms with Gasteiger partial charge < -0.3 is 4.74 Å². The SMILES string of the molecule is CC(C)(C)OC(=O)Nc1nc2ccc(CCc3ccc(Cl)cn3)nc2s1. The summed E-state index contributed by atoms with van der Waals surface area (Å²) < 4.78 is 5.24. The summed E-state index contributed by atoms with van der Waals surface area (Å²) in [6.45, 7) is 5.44. The van der Waals surface area contributed by atoms with E-state index in [1.54, 1.807) is 6.20 Å². The Morgan fingerprint density at radius 3 is 2.58 bits per heavy atom. The molecule has 6 nitrogen and oxygen atoms in total. The summed E-state index contributed by atoms with van der Waals surface area (Å²) in [5.41, 5.74) is 2.10. The van der Waals surface area contributed by atoms with Gasteiger partial charge in [0.1, 0.15) is 15.9 Å². The van der Waals surface area contributed by atoms with Gasteiger partial charge in [0.15, 0.2) is 5.13 Å². The van der Waals surface area contributed by atoms with Crippen LogP contribution in [-0.2, 0) is 17.6 Å².